The summed E-state index contributed by atoms with van der Waals surface area (Å²) in [5.41, 5.74) is 0. The van der Waals surface area contributed by atoms with Crippen LogP contribution in [0.15, 0.2) is 35.2 Å². The Balaban J connectivity index is 2.35. The summed E-state index contributed by atoms with van der Waals surface area (Å²) in [6.07, 6.45) is 4.83. The molecule has 0 atom stereocenters. The number of rotatable bonds is 6. The summed E-state index contributed by atoms with van der Waals surface area (Å²) in [4.78, 5) is 12.4. The second-order valence-electron chi connectivity index (χ2n) is 3.57. The maximum atomic E-state index is 11.5. The molecule has 0 spiro atoms. The van der Waals surface area contributed by atoms with Crippen LogP contribution in [0.1, 0.15) is 13.3 Å². The molecule has 0 radical (unpaired) electrons. The van der Waals surface area contributed by atoms with Gasteiger partial charge in [-0.3, -0.25) is 4.79 Å². The second kappa shape index (κ2) is 8.46. The summed E-state index contributed by atoms with van der Waals surface area (Å²) in [6.45, 7) is 2.62. The molecule has 1 aromatic carbocycles. The van der Waals surface area contributed by atoms with Gasteiger partial charge in [-0.2, -0.15) is 0 Å². The largest absolute Gasteiger partial charge is 0.355 e. The minimum Gasteiger partial charge on any atom is -0.355 e. The summed E-state index contributed by atoms with van der Waals surface area (Å²) in [5.74, 6) is 0.344. The van der Waals surface area contributed by atoms with Gasteiger partial charge in [-0.25, -0.2) is 0 Å². The smallest absolute Gasteiger partial charge is 0.230 e. The van der Waals surface area contributed by atoms with Gasteiger partial charge in [-0.05, 0) is 31.5 Å². The molecule has 1 N–H and O–H groups in total. The van der Waals surface area contributed by atoms with Gasteiger partial charge in [-0.15, -0.1) is 11.8 Å². The Morgan fingerprint density at radius 3 is 2.94 bits per heavy atom. The quantitative estimate of drug-likeness (QED) is 0.485. The van der Waals surface area contributed by atoms with E-state index in [1.807, 2.05) is 19.1 Å². The van der Waals surface area contributed by atoms with Crippen molar-refractivity contribution in [3.8, 4) is 0 Å². The first-order chi connectivity index (χ1) is 8.63. The van der Waals surface area contributed by atoms with Crippen LogP contribution in [0.25, 0.3) is 0 Å². The lowest BCUT2D eigenvalue weighted by Crippen LogP contribution is -2.25. The molecule has 0 aliphatic carbocycles. The number of carbonyl (C=O) groups excluding carboxylic acids is 1. The number of carbonyl (C=O) groups is 1. The summed E-state index contributed by atoms with van der Waals surface area (Å²) < 4.78 is 0. The maximum Gasteiger partial charge on any atom is 0.230 e. The number of amides is 1. The van der Waals surface area contributed by atoms with Gasteiger partial charge in [-0.1, -0.05) is 35.4 Å². The lowest BCUT2D eigenvalue weighted by molar-refractivity contribution is -0.118. The molecule has 1 amide bonds. The SMILES string of the molecule is C/C=C/CCNC(=O)CSc1cc(Cl)ccc1Cl. The molecule has 0 saturated carbocycles. The van der Waals surface area contributed by atoms with E-state index >= 15 is 0 Å². The third kappa shape index (κ3) is 5.80. The first kappa shape index (κ1) is 15.4. The molecule has 0 aliphatic rings. The highest BCUT2D eigenvalue weighted by molar-refractivity contribution is 8.00. The van der Waals surface area contributed by atoms with Crippen molar-refractivity contribution in [3.05, 3.63) is 40.4 Å². The van der Waals surface area contributed by atoms with E-state index in [2.05, 4.69) is 5.32 Å². The zero-order valence-corrected chi connectivity index (χ0v) is 12.4. The third-order valence-electron chi connectivity index (χ3n) is 2.12. The van der Waals surface area contributed by atoms with E-state index < -0.39 is 0 Å². The Hall–Kier alpha value is -0.640. The average molecular weight is 304 g/mol. The van der Waals surface area contributed by atoms with Crippen LogP contribution in [0.5, 0.6) is 0 Å². The van der Waals surface area contributed by atoms with Crippen molar-refractivity contribution in [2.75, 3.05) is 12.3 Å². The molecule has 0 fully saturated rings. The summed E-state index contributed by atoms with van der Waals surface area (Å²) in [6, 6.07) is 5.23. The van der Waals surface area contributed by atoms with E-state index in [0.29, 0.717) is 22.3 Å². The summed E-state index contributed by atoms with van der Waals surface area (Å²) in [5, 5.41) is 4.07. The van der Waals surface area contributed by atoms with Gasteiger partial charge in [0.1, 0.15) is 0 Å². The van der Waals surface area contributed by atoms with E-state index in [1.54, 1.807) is 18.2 Å². The van der Waals surface area contributed by atoms with Gasteiger partial charge in [0.15, 0.2) is 0 Å². The number of hydrogen-bond donors (Lipinski definition) is 1. The second-order valence-corrected chi connectivity index (χ2v) is 5.43. The molecule has 0 aliphatic heterocycles. The predicted molar refractivity (Wildman–Crippen MR) is 79.6 cm³/mol. The highest BCUT2D eigenvalue weighted by atomic mass is 35.5. The molecular weight excluding hydrogens is 289 g/mol. The Morgan fingerprint density at radius 2 is 2.22 bits per heavy atom. The molecule has 0 bridgehead atoms. The monoisotopic (exact) mass is 303 g/mol. The first-order valence-corrected chi connectivity index (χ1v) is 7.33. The number of halogens is 2. The standard InChI is InChI=1S/C13H15Cl2NOS/c1-2-3-4-7-16-13(17)9-18-12-8-10(14)5-6-11(12)15/h2-3,5-6,8H,4,7,9H2,1H3,(H,16,17)/b3-2+. The number of nitrogens with one attached hydrogen (secondary N) is 1. The molecule has 2 nitrogen and oxygen atoms in total. The van der Waals surface area contributed by atoms with Gasteiger partial charge in [0.2, 0.25) is 5.91 Å². The summed E-state index contributed by atoms with van der Waals surface area (Å²) in [7, 11) is 0. The van der Waals surface area contributed by atoms with E-state index in [4.69, 9.17) is 23.2 Å². The minimum absolute atomic E-state index is 0.000505. The Bertz CT molecular complexity index is 435. The highest BCUT2D eigenvalue weighted by Crippen LogP contribution is 2.29. The van der Waals surface area contributed by atoms with Crippen molar-refractivity contribution >= 4 is 40.9 Å². The zero-order chi connectivity index (χ0) is 13.4. The zero-order valence-electron chi connectivity index (χ0n) is 10.1. The molecule has 1 aromatic rings. The molecule has 0 saturated heterocycles. The fourth-order valence-corrected chi connectivity index (χ4v) is 2.57. The fourth-order valence-electron chi connectivity index (χ4n) is 1.24. The minimum atomic E-state index is 0.000505. The first-order valence-electron chi connectivity index (χ1n) is 5.59. The van der Waals surface area contributed by atoms with Crippen molar-refractivity contribution in [3.63, 3.8) is 0 Å². The van der Waals surface area contributed by atoms with Gasteiger partial charge in [0, 0.05) is 16.5 Å². The van der Waals surface area contributed by atoms with Crippen LogP contribution in [0.4, 0.5) is 0 Å². The number of thioether (sulfide) groups is 1. The third-order valence-corrected chi connectivity index (χ3v) is 3.85. The number of benzene rings is 1. The van der Waals surface area contributed by atoms with Gasteiger partial charge in [0.25, 0.3) is 0 Å². The van der Waals surface area contributed by atoms with Crippen LogP contribution >= 0.6 is 35.0 Å². The Labute approximate surface area is 122 Å². The van der Waals surface area contributed by atoms with E-state index in [1.165, 1.54) is 11.8 Å². The van der Waals surface area contributed by atoms with Crippen molar-refractivity contribution in [1.29, 1.82) is 0 Å². The topological polar surface area (TPSA) is 29.1 Å². The van der Waals surface area contributed by atoms with Crippen LogP contribution < -0.4 is 5.32 Å². The van der Waals surface area contributed by atoms with Crippen LogP contribution in [0.2, 0.25) is 10.0 Å². The van der Waals surface area contributed by atoms with Crippen molar-refractivity contribution < 1.29 is 4.79 Å². The Morgan fingerprint density at radius 1 is 1.44 bits per heavy atom. The van der Waals surface area contributed by atoms with Crippen molar-refractivity contribution in [2.45, 2.75) is 18.2 Å². The normalized spacial score (nSPS) is 10.8. The Kier molecular flexibility index (Phi) is 7.25. The molecule has 1 rings (SSSR count). The maximum absolute atomic E-state index is 11.5. The van der Waals surface area contributed by atoms with Crippen LogP contribution in [-0.2, 0) is 4.79 Å². The summed E-state index contributed by atoms with van der Waals surface area (Å²) >= 11 is 13.3. The van der Waals surface area contributed by atoms with Crippen molar-refractivity contribution in [1.82, 2.24) is 5.32 Å². The van der Waals surface area contributed by atoms with Gasteiger partial charge < -0.3 is 5.32 Å². The average Bonchev–Trinajstić information content (AvgIpc) is 2.36. The lowest BCUT2D eigenvalue weighted by Gasteiger charge is -2.05. The predicted octanol–water partition coefficient (Wildman–Crippen LogP) is 4.17. The number of allylic oxidation sites excluding steroid dienone is 1. The van der Waals surface area contributed by atoms with Gasteiger partial charge in [0.05, 0.1) is 10.8 Å². The van der Waals surface area contributed by atoms with Gasteiger partial charge >= 0.3 is 0 Å². The fraction of sp³-hybridized carbons (Fsp3) is 0.308. The van der Waals surface area contributed by atoms with E-state index in [9.17, 15) is 4.79 Å². The molecular formula is C13H15Cl2NOS. The van der Waals surface area contributed by atoms with E-state index in [-0.39, 0.29) is 5.91 Å². The molecule has 18 heavy (non-hydrogen) atoms. The molecule has 0 aromatic heterocycles. The van der Waals surface area contributed by atoms with Crippen LogP contribution in [0, 0.1) is 0 Å². The van der Waals surface area contributed by atoms with Crippen LogP contribution in [0.3, 0.4) is 0 Å². The highest BCUT2D eigenvalue weighted by Gasteiger charge is 2.05. The molecule has 0 heterocycles. The van der Waals surface area contributed by atoms with Crippen LogP contribution in [-0.4, -0.2) is 18.2 Å². The molecule has 0 unspecified atom stereocenters. The lowest BCUT2D eigenvalue weighted by atomic mass is 10.4. The number of hydrogen-bond acceptors (Lipinski definition) is 2. The molecule has 5 heteroatoms. The van der Waals surface area contributed by atoms with Crippen molar-refractivity contribution in [2.24, 2.45) is 0 Å². The van der Waals surface area contributed by atoms with E-state index in [0.717, 1.165) is 11.3 Å². The molecule has 98 valence electrons.